The number of ether oxygens (including phenoxy) is 3. The molecule has 31 heavy (non-hydrogen) atoms. The Kier molecular flexibility index (Phi) is 5.44. The van der Waals surface area contributed by atoms with E-state index in [0.717, 1.165) is 4.90 Å². The van der Waals surface area contributed by atoms with E-state index >= 15 is 0 Å². The number of fused-ring (bicyclic) bond motifs is 1. The normalized spacial score (nSPS) is 15.9. The molecule has 0 atom stereocenters. The first kappa shape index (κ1) is 20.2. The first-order valence-electron chi connectivity index (χ1n) is 9.41. The number of halogens is 1. The summed E-state index contributed by atoms with van der Waals surface area (Å²) in [6, 6.07) is 7.68. The van der Waals surface area contributed by atoms with E-state index in [2.05, 4.69) is 10.6 Å². The van der Waals surface area contributed by atoms with Crippen LogP contribution in [-0.2, 0) is 9.59 Å². The molecule has 2 aromatic rings. The van der Waals surface area contributed by atoms with E-state index in [1.165, 1.54) is 30.3 Å². The van der Waals surface area contributed by atoms with Gasteiger partial charge in [-0.25, -0.2) is 14.1 Å². The number of rotatable bonds is 6. The van der Waals surface area contributed by atoms with Crippen molar-refractivity contribution in [3.05, 3.63) is 53.5 Å². The molecule has 0 aromatic heterocycles. The van der Waals surface area contributed by atoms with Crippen molar-refractivity contribution in [3.63, 3.8) is 0 Å². The molecule has 4 rings (SSSR count). The lowest BCUT2D eigenvalue weighted by Gasteiger charge is -2.12. The summed E-state index contributed by atoms with van der Waals surface area (Å²) in [5.41, 5.74) is 0.836. The number of hydrogen-bond acceptors (Lipinski definition) is 6. The lowest BCUT2D eigenvalue weighted by molar-refractivity contribution is -0.127. The second-order valence-corrected chi connectivity index (χ2v) is 6.61. The Bertz CT molecular complexity index is 1080. The highest BCUT2D eigenvalue weighted by molar-refractivity contribution is 6.16. The zero-order chi connectivity index (χ0) is 22.0. The van der Waals surface area contributed by atoms with Gasteiger partial charge < -0.3 is 24.8 Å². The summed E-state index contributed by atoms with van der Waals surface area (Å²) in [5.74, 6) is -0.256. The minimum Gasteiger partial charge on any atom is -0.493 e. The summed E-state index contributed by atoms with van der Waals surface area (Å²) >= 11 is 0. The summed E-state index contributed by atoms with van der Waals surface area (Å²) in [4.78, 5) is 38.0. The predicted octanol–water partition coefficient (Wildman–Crippen LogP) is 2.48. The molecule has 1 fully saturated rings. The number of nitrogens with one attached hydrogen (secondary N) is 2. The Morgan fingerprint density at radius 3 is 2.65 bits per heavy atom. The SMILES string of the molecule is CCOc1cc2c(cc1C=C1NC(=O)N(CC(=O)Nc3ccc(F)cc3)C1=O)OCO2. The van der Waals surface area contributed by atoms with E-state index in [1.54, 1.807) is 12.1 Å². The molecule has 0 bridgehead atoms. The molecule has 2 N–H and O–H groups in total. The lowest BCUT2D eigenvalue weighted by Crippen LogP contribution is -2.38. The van der Waals surface area contributed by atoms with Crippen LogP contribution in [-0.4, -0.2) is 42.7 Å². The van der Waals surface area contributed by atoms with Crippen LogP contribution in [0.2, 0.25) is 0 Å². The fourth-order valence-corrected chi connectivity index (χ4v) is 3.08. The van der Waals surface area contributed by atoms with E-state index in [1.807, 2.05) is 6.92 Å². The maximum Gasteiger partial charge on any atom is 0.329 e. The zero-order valence-corrected chi connectivity index (χ0v) is 16.4. The molecule has 2 aliphatic rings. The first-order valence-corrected chi connectivity index (χ1v) is 9.41. The van der Waals surface area contributed by atoms with Crippen LogP contribution in [0.3, 0.4) is 0 Å². The highest BCUT2D eigenvalue weighted by Gasteiger charge is 2.35. The van der Waals surface area contributed by atoms with Crippen LogP contribution in [0.1, 0.15) is 12.5 Å². The third-order valence-electron chi connectivity index (χ3n) is 4.50. The van der Waals surface area contributed by atoms with E-state index in [4.69, 9.17) is 14.2 Å². The Morgan fingerprint density at radius 2 is 1.94 bits per heavy atom. The van der Waals surface area contributed by atoms with Crippen LogP contribution in [0.4, 0.5) is 14.9 Å². The number of carbonyl (C=O) groups is 3. The van der Waals surface area contributed by atoms with Crippen LogP contribution in [0.5, 0.6) is 17.2 Å². The molecule has 2 aromatic carbocycles. The van der Waals surface area contributed by atoms with Crippen molar-refractivity contribution in [1.82, 2.24) is 10.2 Å². The maximum atomic E-state index is 13.0. The van der Waals surface area contributed by atoms with Crippen LogP contribution < -0.4 is 24.8 Å². The Labute approximate surface area is 176 Å². The standard InChI is InChI=1S/C21H18FN3O6/c1-2-29-16-9-18-17(30-11-31-18)8-12(16)7-15-20(27)25(21(28)24-15)10-19(26)23-14-5-3-13(22)4-6-14/h3-9H,2,10-11H2,1H3,(H,23,26)(H,24,28). The van der Waals surface area contributed by atoms with Gasteiger partial charge in [-0.2, -0.15) is 0 Å². The van der Waals surface area contributed by atoms with Gasteiger partial charge in [0.05, 0.1) is 6.61 Å². The number of urea groups is 1. The van der Waals surface area contributed by atoms with Crippen molar-refractivity contribution in [3.8, 4) is 17.2 Å². The highest BCUT2D eigenvalue weighted by atomic mass is 19.1. The second-order valence-electron chi connectivity index (χ2n) is 6.61. The first-order chi connectivity index (χ1) is 14.9. The average Bonchev–Trinajstić information content (AvgIpc) is 3.29. The van der Waals surface area contributed by atoms with Gasteiger partial charge in [0, 0.05) is 17.3 Å². The monoisotopic (exact) mass is 427 g/mol. The largest absolute Gasteiger partial charge is 0.493 e. The van der Waals surface area contributed by atoms with Crippen molar-refractivity contribution in [2.45, 2.75) is 6.92 Å². The minimum atomic E-state index is -0.732. The van der Waals surface area contributed by atoms with Crippen molar-refractivity contribution in [1.29, 1.82) is 0 Å². The Morgan fingerprint density at radius 1 is 1.23 bits per heavy atom. The van der Waals surface area contributed by atoms with Gasteiger partial charge in [0.1, 0.15) is 23.8 Å². The minimum absolute atomic E-state index is 0.0144. The van der Waals surface area contributed by atoms with Gasteiger partial charge in [-0.3, -0.25) is 9.59 Å². The van der Waals surface area contributed by atoms with Gasteiger partial charge in [-0.05, 0) is 43.3 Å². The van der Waals surface area contributed by atoms with E-state index < -0.39 is 30.2 Å². The topological polar surface area (TPSA) is 106 Å². The van der Waals surface area contributed by atoms with Crippen LogP contribution in [0, 0.1) is 5.82 Å². The molecule has 2 aliphatic heterocycles. The summed E-state index contributed by atoms with van der Waals surface area (Å²) in [7, 11) is 0. The third kappa shape index (κ3) is 4.27. The van der Waals surface area contributed by atoms with E-state index in [9.17, 15) is 18.8 Å². The van der Waals surface area contributed by atoms with E-state index in [0.29, 0.717) is 35.1 Å². The summed E-state index contributed by atoms with van der Waals surface area (Å²) in [5, 5.41) is 4.96. The van der Waals surface area contributed by atoms with Gasteiger partial charge >= 0.3 is 6.03 Å². The smallest absolute Gasteiger partial charge is 0.329 e. The molecular formula is C21H18FN3O6. The maximum absolute atomic E-state index is 13.0. The van der Waals surface area contributed by atoms with Crippen LogP contribution in [0.25, 0.3) is 6.08 Å². The predicted molar refractivity (Wildman–Crippen MR) is 107 cm³/mol. The highest BCUT2D eigenvalue weighted by Crippen LogP contribution is 2.39. The quantitative estimate of drug-likeness (QED) is 0.542. The van der Waals surface area contributed by atoms with Gasteiger partial charge in [-0.1, -0.05) is 0 Å². The van der Waals surface area contributed by atoms with E-state index in [-0.39, 0.29) is 12.5 Å². The van der Waals surface area contributed by atoms with Crippen molar-refractivity contribution < 1.29 is 33.0 Å². The number of carbonyl (C=O) groups excluding carboxylic acids is 3. The Hall–Kier alpha value is -4.08. The number of benzene rings is 2. The molecule has 4 amide bonds. The fraction of sp³-hybridized carbons (Fsp3) is 0.190. The number of anilines is 1. The van der Waals surface area contributed by atoms with Crippen LogP contribution >= 0.6 is 0 Å². The molecular weight excluding hydrogens is 409 g/mol. The molecule has 0 saturated carbocycles. The molecule has 9 nitrogen and oxygen atoms in total. The molecule has 0 radical (unpaired) electrons. The molecule has 2 heterocycles. The van der Waals surface area contributed by atoms with Crippen molar-refractivity contribution >= 4 is 29.6 Å². The van der Waals surface area contributed by atoms with Gasteiger partial charge in [-0.15, -0.1) is 0 Å². The third-order valence-corrected chi connectivity index (χ3v) is 4.50. The summed E-state index contributed by atoms with van der Waals surface area (Å²) < 4.78 is 29.3. The van der Waals surface area contributed by atoms with Crippen LogP contribution in [0.15, 0.2) is 42.1 Å². The summed E-state index contributed by atoms with van der Waals surface area (Å²) in [6.45, 7) is 1.77. The molecule has 0 spiro atoms. The number of imide groups is 1. The summed E-state index contributed by atoms with van der Waals surface area (Å²) in [6.07, 6.45) is 1.45. The molecule has 0 aliphatic carbocycles. The van der Waals surface area contributed by atoms with Gasteiger partial charge in [0.15, 0.2) is 11.5 Å². The molecule has 0 unspecified atom stereocenters. The molecule has 10 heteroatoms. The molecule has 1 saturated heterocycles. The lowest BCUT2D eigenvalue weighted by atomic mass is 10.1. The average molecular weight is 427 g/mol. The molecule has 160 valence electrons. The van der Waals surface area contributed by atoms with Gasteiger partial charge in [0.25, 0.3) is 5.91 Å². The van der Waals surface area contributed by atoms with Crippen molar-refractivity contribution in [2.75, 3.05) is 25.3 Å². The van der Waals surface area contributed by atoms with Crippen molar-refractivity contribution in [2.24, 2.45) is 0 Å². The number of nitrogens with zero attached hydrogens (tertiary/aromatic N) is 1. The Balaban J connectivity index is 1.51. The number of hydrogen-bond donors (Lipinski definition) is 2. The second kappa shape index (κ2) is 8.34. The zero-order valence-electron chi connectivity index (χ0n) is 16.4. The van der Waals surface area contributed by atoms with Gasteiger partial charge in [0.2, 0.25) is 12.7 Å². The fourth-order valence-electron chi connectivity index (χ4n) is 3.08. The number of amides is 4.